The van der Waals surface area contributed by atoms with Gasteiger partial charge >= 0.3 is 0 Å². The second-order valence-electron chi connectivity index (χ2n) is 8.98. The maximum atomic E-state index is 5.77. The van der Waals surface area contributed by atoms with Crippen LogP contribution < -0.4 is 0 Å². The SMILES string of the molecule is c1cc(C2=NCCO2)cc(-c2c3ccccc3c(-c3cccc4ccccc34)c3ccccc23)c1. The van der Waals surface area contributed by atoms with E-state index >= 15 is 0 Å². The van der Waals surface area contributed by atoms with E-state index in [1.165, 1.54) is 54.6 Å². The van der Waals surface area contributed by atoms with E-state index in [2.05, 4.69) is 120 Å². The van der Waals surface area contributed by atoms with Crippen molar-refractivity contribution in [1.82, 2.24) is 0 Å². The lowest BCUT2D eigenvalue weighted by atomic mass is 9.84. The quantitative estimate of drug-likeness (QED) is 0.249. The molecule has 0 atom stereocenters. The van der Waals surface area contributed by atoms with Gasteiger partial charge in [0.25, 0.3) is 0 Å². The van der Waals surface area contributed by atoms with Gasteiger partial charge in [-0.05, 0) is 66.7 Å². The Kier molecular flexibility index (Phi) is 4.63. The first-order valence-corrected chi connectivity index (χ1v) is 12.1. The number of rotatable bonds is 3. The summed E-state index contributed by atoms with van der Waals surface area (Å²) in [7, 11) is 0. The van der Waals surface area contributed by atoms with Crippen molar-refractivity contribution in [1.29, 1.82) is 0 Å². The Morgan fingerprint density at radius 1 is 0.514 bits per heavy atom. The molecule has 0 N–H and O–H groups in total. The van der Waals surface area contributed by atoms with Crippen molar-refractivity contribution in [3.05, 3.63) is 121 Å². The van der Waals surface area contributed by atoms with Gasteiger partial charge in [0, 0.05) is 5.56 Å². The second kappa shape index (κ2) is 8.11. The number of nitrogens with zero attached hydrogens (tertiary/aromatic N) is 1. The number of hydrogen-bond acceptors (Lipinski definition) is 2. The molecule has 0 amide bonds. The van der Waals surface area contributed by atoms with Gasteiger partial charge in [-0.3, -0.25) is 0 Å². The van der Waals surface area contributed by atoms with Gasteiger partial charge in [-0.1, -0.05) is 103 Å². The van der Waals surface area contributed by atoms with Crippen molar-refractivity contribution in [2.45, 2.75) is 0 Å². The lowest BCUT2D eigenvalue weighted by molar-refractivity contribution is 0.348. The molecule has 6 aromatic carbocycles. The molecule has 0 aliphatic carbocycles. The van der Waals surface area contributed by atoms with Crippen molar-refractivity contribution in [3.63, 3.8) is 0 Å². The third kappa shape index (κ3) is 3.22. The van der Waals surface area contributed by atoms with E-state index in [1.54, 1.807) is 0 Å². The van der Waals surface area contributed by atoms with Crippen LogP contribution in [-0.4, -0.2) is 19.0 Å². The first kappa shape index (κ1) is 20.0. The Balaban J connectivity index is 1.60. The monoisotopic (exact) mass is 449 g/mol. The molecule has 0 fully saturated rings. The normalized spacial score (nSPS) is 13.3. The molecular weight excluding hydrogens is 426 g/mol. The number of ether oxygens (including phenoxy) is 1. The first-order chi connectivity index (χ1) is 17.4. The van der Waals surface area contributed by atoms with Crippen molar-refractivity contribution >= 4 is 38.2 Å². The fourth-order valence-electron chi connectivity index (χ4n) is 5.49. The van der Waals surface area contributed by atoms with E-state index in [1.807, 2.05) is 0 Å². The highest BCUT2D eigenvalue weighted by molar-refractivity contribution is 6.23. The van der Waals surface area contributed by atoms with Crippen LogP contribution >= 0.6 is 0 Å². The molecule has 1 aliphatic heterocycles. The van der Waals surface area contributed by atoms with Crippen LogP contribution in [0.3, 0.4) is 0 Å². The number of benzene rings is 6. The summed E-state index contributed by atoms with van der Waals surface area (Å²) >= 11 is 0. The molecule has 35 heavy (non-hydrogen) atoms. The van der Waals surface area contributed by atoms with Crippen molar-refractivity contribution in [3.8, 4) is 22.3 Å². The summed E-state index contributed by atoms with van der Waals surface area (Å²) in [6, 6.07) is 41.5. The Bertz CT molecular complexity index is 1720. The van der Waals surface area contributed by atoms with Crippen LogP contribution in [0.1, 0.15) is 5.56 Å². The third-order valence-corrected chi connectivity index (χ3v) is 6.97. The average molecular weight is 450 g/mol. The van der Waals surface area contributed by atoms with E-state index in [9.17, 15) is 0 Å². The highest BCUT2D eigenvalue weighted by atomic mass is 16.5. The van der Waals surface area contributed by atoms with Crippen LogP contribution in [0.4, 0.5) is 0 Å². The highest BCUT2D eigenvalue weighted by Gasteiger charge is 2.18. The summed E-state index contributed by atoms with van der Waals surface area (Å²) in [6.07, 6.45) is 0. The van der Waals surface area contributed by atoms with Gasteiger partial charge in [-0.15, -0.1) is 0 Å². The second-order valence-corrected chi connectivity index (χ2v) is 8.98. The van der Waals surface area contributed by atoms with Gasteiger partial charge in [0.2, 0.25) is 5.90 Å². The van der Waals surface area contributed by atoms with Gasteiger partial charge in [0.1, 0.15) is 6.61 Å². The Morgan fingerprint density at radius 3 is 1.77 bits per heavy atom. The van der Waals surface area contributed by atoms with Crippen molar-refractivity contribution in [2.75, 3.05) is 13.2 Å². The first-order valence-electron chi connectivity index (χ1n) is 12.1. The Morgan fingerprint density at radius 2 is 1.09 bits per heavy atom. The number of fused-ring (bicyclic) bond motifs is 3. The minimum Gasteiger partial charge on any atom is -0.476 e. The van der Waals surface area contributed by atoms with Gasteiger partial charge < -0.3 is 4.74 Å². The molecule has 0 unspecified atom stereocenters. The van der Waals surface area contributed by atoms with Crippen LogP contribution in [0, 0.1) is 0 Å². The van der Waals surface area contributed by atoms with Gasteiger partial charge in [-0.2, -0.15) is 0 Å². The highest BCUT2D eigenvalue weighted by Crippen LogP contribution is 2.45. The topological polar surface area (TPSA) is 21.6 Å². The average Bonchev–Trinajstić information content (AvgIpc) is 3.47. The summed E-state index contributed by atoms with van der Waals surface area (Å²) in [5, 5.41) is 7.56. The third-order valence-electron chi connectivity index (χ3n) is 6.97. The molecule has 7 rings (SSSR count). The zero-order chi connectivity index (χ0) is 23.2. The molecule has 6 aromatic rings. The molecule has 2 nitrogen and oxygen atoms in total. The van der Waals surface area contributed by atoms with E-state index in [4.69, 9.17) is 4.74 Å². The fourth-order valence-corrected chi connectivity index (χ4v) is 5.49. The molecule has 0 saturated heterocycles. The van der Waals surface area contributed by atoms with Gasteiger partial charge in [0.05, 0.1) is 6.54 Å². The molecular formula is C33H23NO. The molecule has 0 aromatic heterocycles. The minimum absolute atomic E-state index is 0.658. The molecule has 1 aliphatic rings. The molecule has 0 radical (unpaired) electrons. The number of hydrogen-bond donors (Lipinski definition) is 0. The lowest BCUT2D eigenvalue weighted by Gasteiger charge is -2.19. The molecule has 0 spiro atoms. The maximum absolute atomic E-state index is 5.77. The van der Waals surface area contributed by atoms with Crippen LogP contribution in [0.2, 0.25) is 0 Å². The molecule has 1 heterocycles. The van der Waals surface area contributed by atoms with Crippen molar-refractivity contribution in [2.24, 2.45) is 4.99 Å². The predicted octanol–water partition coefficient (Wildman–Crippen LogP) is 8.26. The largest absolute Gasteiger partial charge is 0.476 e. The zero-order valence-corrected chi connectivity index (χ0v) is 19.2. The van der Waals surface area contributed by atoms with E-state index in [0.29, 0.717) is 6.61 Å². The summed E-state index contributed by atoms with van der Waals surface area (Å²) in [5.74, 6) is 0.743. The summed E-state index contributed by atoms with van der Waals surface area (Å²) < 4.78 is 5.77. The summed E-state index contributed by atoms with van der Waals surface area (Å²) in [5.41, 5.74) is 6.02. The summed E-state index contributed by atoms with van der Waals surface area (Å²) in [4.78, 5) is 4.54. The van der Waals surface area contributed by atoms with E-state index in [-0.39, 0.29) is 0 Å². The molecule has 166 valence electrons. The van der Waals surface area contributed by atoms with E-state index in [0.717, 1.165) is 18.0 Å². The molecule has 0 saturated carbocycles. The lowest BCUT2D eigenvalue weighted by Crippen LogP contribution is -2.01. The van der Waals surface area contributed by atoms with Crippen LogP contribution in [0.15, 0.2) is 120 Å². The van der Waals surface area contributed by atoms with E-state index < -0.39 is 0 Å². The minimum atomic E-state index is 0.658. The maximum Gasteiger partial charge on any atom is 0.216 e. The Labute approximate surface area is 204 Å². The number of aliphatic imine (C=N–C) groups is 1. The molecule has 0 bridgehead atoms. The molecule has 2 heteroatoms. The zero-order valence-electron chi connectivity index (χ0n) is 19.2. The smallest absolute Gasteiger partial charge is 0.216 e. The van der Waals surface area contributed by atoms with Crippen LogP contribution in [0.25, 0.3) is 54.6 Å². The van der Waals surface area contributed by atoms with Crippen LogP contribution in [0.5, 0.6) is 0 Å². The summed E-state index contributed by atoms with van der Waals surface area (Å²) in [6.45, 7) is 1.39. The van der Waals surface area contributed by atoms with Gasteiger partial charge in [0.15, 0.2) is 0 Å². The standard InChI is InChI=1S/C33H23NO/c1-2-13-25-22(9-1)10-8-18-26(25)32-29-16-5-3-14-27(29)31(28-15-4-6-17-30(28)32)23-11-7-12-24(21-23)33-34-19-20-35-33/h1-18,21H,19-20H2. The fraction of sp³-hybridized carbons (Fsp3) is 0.0606. The Hall–Kier alpha value is -4.43. The van der Waals surface area contributed by atoms with Crippen LogP contribution in [-0.2, 0) is 4.74 Å². The van der Waals surface area contributed by atoms with Crippen molar-refractivity contribution < 1.29 is 4.74 Å². The predicted molar refractivity (Wildman–Crippen MR) is 147 cm³/mol. The van der Waals surface area contributed by atoms with Gasteiger partial charge in [-0.25, -0.2) is 4.99 Å².